The average Bonchev–Trinajstić information content (AvgIpc) is 2.38. The molecule has 4 heteroatoms. The molecule has 1 saturated heterocycles. The van der Waals surface area contributed by atoms with Gasteiger partial charge in [-0.15, -0.1) is 0 Å². The van der Waals surface area contributed by atoms with Crippen LogP contribution in [0.2, 0.25) is 0 Å². The number of rotatable bonds is 4. The molecule has 0 saturated carbocycles. The molecule has 0 aromatic heterocycles. The maximum absolute atomic E-state index is 13.1. The Balaban J connectivity index is 2.44. The third-order valence-corrected chi connectivity index (χ3v) is 4.49. The Hall–Kier alpha value is -1.55. The van der Waals surface area contributed by atoms with Crippen LogP contribution in [0.1, 0.15) is 52.5 Å². The number of para-hydroxylation sites is 1. The summed E-state index contributed by atoms with van der Waals surface area (Å²) in [7, 11) is 0. The summed E-state index contributed by atoms with van der Waals surface area (Å²) in [4.78, 5) is 16.6. The van der Waals surface area contributed by atoms with Crippen LogP contribution in [0.3, 0.4) is 0 Å². The highest BCUT2D eigenvalue weighted by molar-refractivity contribution is 5.95. The van der Waals surface area contributed by atoms with Crippen molar-refractivity contribution in [1.29, 1.82) is 0 Å². The molecule has 1 atom stereocenters. The molecule has 1 N–H and O–H groups in total. The minimum atomic E-state index is -1.19. The number of carbonyl (C=O) groups is 1. The number of urea groups is 1. The zero-order valence-electron chi connectivity index (χ0n) is 14.4. The molecule has 22 heavy (non-hydrogen) atoms. The summed E-state index contributed by atoms with van der Waals surface area (Å²) in [5.74, 6) is 0. The van der Waals surface area contributed by atoms with Gasteiger partial charge in [-0.3, -0.25) is 4.90 Å². The second kappa shape index (κ2) is 5.92. The third-order valence-electron chi connectivity index (χ3n) is 4.49. The molecule has 0 spiro atoms. The number of amides is 2. The van der Waals surface area contributed by atoms with Crippen molar-refractivity contribution in [3.63, 3.8) is 0 Å². The van der Waals surface area contributed by atoms with E-state index in [-0.39, 0.29) is 11.6 Å². The lowest BCUT2D eigenvalue weighted by Crippen LogP contribution is -2.68. The van der Waals surface area contributed by atoms with Gasteiger partial charge in [-0.2, -0.15) is 0 Å². The molecule has 1 aliphatic rings. The normalized spacial score (nSPS) is 24.7. The van der Waals surface area contributed by atoms with Gasteiger partial charge in [0.1, 0.15) is 5.72 Å². The van der Waals surface area contributed by atoms with Crippen molar-refractivity contribution in [1.82, 2.24) is 4.90 Å². The van der Waals surface area contributed by atoms with Gasteiger partial charge in [0, 0.05) is 18.5 Å². The first kappa shape index (κ1) is 16.8. The zero-order chi connectivity index (χ0) is 16.5. The Labute approximate surface area is 133 Å². The van der Waals surface area contributed by atoms with E-state index in [0.717, 1.165) is 30.6 Å². The molecule has 1 fully saturated rings. The number of hydrogen-bond acceptors (Lipinski definition) is 2. The SMILES string of the molecule is CCCCN1C(=O)N(c2ccccc2C)C(C)(O)CC1(C)C. The Bertz CT molecular complexity index is 552. The lowest BCUT2D eigenvalue weighted by atomic mass is 9.87. The van der Waals surface area contributed by atoms with Crippen LogP contribution in [0.25, 0.3) is 0 Å². The number of hydrogen-bond donors (Lipinski definition) is 1. The minimum Gasteiger partial charge on any atom is -0.371 e. The first-order valence-corrected chi connectivity index (χ1v) is 8.10. The molecule has 1 heterocycles. The van der Waals surface area contributed by atoms with Crippen molar-refractivity contribution < 1.29 is 9.90 Å². The van der Waals surface area contributed by atoms with E-state index < -0.39 is 5.72 Å². The molecule has 122 valence electrons. The molecular weight excluding hydrogens is 276 g/mol. The fourth-order valence-electron chi connectivity index (χ4n) is 3.47. The van der Waals surface area contributed by atoms with Gasteiger partial charge in [-0.25, -0.2) is 4.79 Å². The van der Waals surface area contributed by atoms with Gasteiger partial charge in [-0.1, -0.05) is 31.5 Å². The first-order valence-electron chi connectivity index (χ1n) is 8.10. The number of aryl methyl sites for hydroxylation is 1. The average molecular weight is 304 g/mol. The van der Waals surface area contributed by atoms with E-state index in [0.29, 0.717) is 6.42 Å². The molecule has 1 unspecified atom stereocenters. The van der Waals surface area contributed by atoms with Gasteiger partial charge >= 0.3 is 6.03 Å². The van der Waals surface area contributed by atoms with Crippen LogP contribution in [0.4, 0.5) is 10.5 Å². The van der Waals surface area contributed by atoms with E-state index in [4.69, 9.17) is 0 Å². The van der Waals surface area contributed by atoms with E-state index in [9.17, 15) is 9.90 Å². The molecule has 1 aliphatic heterocycles. The first-order chi connectivity index (χ1) is 10.2. The summed E-state index contributed by atoms with van der Waals surface area (Å²) in [5.41, 5.74) is 0.241. The topological polar surface area (TPSA) is 43.8 Å². The summed E-state index contributed by atoms with van der Waals surface area (Å²) < 4.78 is 0. The molecule has 2 amide bonds. The summed E-state index contributed by atoms with van der Waals surface area (Å²) in [6, 6.07) is 7.61. The van der Waals surface area contributed by atoms with E-state index in [1.54, 1.807) is 11.8 Å². The van der Waals surface area contributed by atoms with Crippen molar-refractivity contribution in [3.05, 3.63) is 29.8 Å². The molecular formula is C18H28N2O2. The van der Waals surface area contributed by atoms with Gasteiger partial charge in [0.25, 0.3) is 0 Å². The number of unbranched alkanes of at least 4 members (excludes halogenated alkanes) is 1. The number of nitrogens with zero attached hydrogens (tertiary/aromatic N) is 2. The summed E-state index contributed by atoms with van der Waals surface area (Å²) >= 11 is 0. The van der Waals surface area contributed by atoms with Gasteiger partial charge in [0.15, 0.2) is 0 Å². The Morgan fingerprint density at radius 3 is 2.45 bits per heavy atom. The van der Waals surface area contributed by atoms with Crippen molar-refractivity contribution in [2.45, 2.75) is 65.1 Å². The number of carbonyl (C=O) groups excluding carboxylic acids is 1. The molecule has 0 aliphatic carbocycles. The highest BCUT2D eigenvalue weighted by Gasteiger charge is 2.50. The van der Waals surface area contributed by atoms with Crippen LogP contribution in [0, 0.1) is 6.92 Å². The fourth-order valence-corrected chi connectivity index (χ4v) is 3.47. The van der Waals surface area contributed by atoms with Gasteiger partial charge < -0.3 is 10.0 Å². The van der Waals surface area contributed by atoms with Crippen molar-refractivity contribution >= 4 is 11.7 Å². The van der Waals surface area contributed by atoms with Crippen LogP contribution in [-0.4, -0.2) is 33.8 Å². The molecule has 1 aromatic carbocycles. The van der Waals surface area contributed by atoms with Gasteiger partial charge in [-0.05, 0) is 45.7 Å². The molecule has 4 nitrogen and oxygen atoms in total. The van der Waals surface area contributed by atoms with Crippen molar-refractivity contribution in [2.24, 2.45) is 0 Å². The zero-order valence-corrected chi connectivity index (χ0v) is 14.4. The molecule has 1 aromatic rings. The highest BCUT2D eigenvalue weighted by atomic mass is 16.3. The van der Waals surface area contributed by atoms with Crippen LogP contribution in [0.5, 0.6) is 0 Å². The van der Waals surface area contributed by atoms with E-state index in [2.05, 4.69) is 6.92 Å². The van der Waals surface area contributed by atoms with Crippen LogP contribution in [0.15, 0.2) is 24.3 Å². The van der Waals surface area contributed by atoms with Gasteiger partial charge in [0.2, 0.25) is 0 Å². The lowest BCUT2D eigenvalue weighted by Gasteiger charge is -2.53. The standard InChI is InChI=1S/C18H28N2O2/c1-6-7-12-19-16(21)20(15-11-9-8-10-14(15)2)18(5,22)13-17(19,3)4/h8-11,22H,6-7,12-13H2,1-5H3. The number of benzene rings is 1. The fraction of sp³-hybridized carbons (Fsp3) is 0.611. The highest BCUT2D eigenvalue weighted by Crippen LogP contribution is 2.39. The van der Waals surface area contributed by atoms with E-state index >= 15 is 0 Å². The monoisotopic (exact) mass is 304 g/mol. The molecule has 0 radical (unpaired) electrons. The van der Waals surface area contributed by atoms with Crippen LogP contribution >= 0.6 is 0 Å². The summed E-state index contributed by atoms with van der Waals surface area (Å²) in [6.45, 7) is 10.6. The Morgan fingerprint density at radius 1 is 1.23 bits per heavy atom. The van der Waals surface area contributed by atoms with Crippen molar-refractivity contribution in [3.8, 4) is 0 Å². The Kier molecular flexibility index (Phi) is 4.52. The minimum absolute atomic E-state index is 0.107. The maximum Gasteiger partial charge on any atom is 0.327 e. The number of anilines is 1. The van der Waals surface area contributed by atoms with Crippen LogP contribution in [-0.2, 0) is 0 Å². The van der Waals surface area contributed by atoms with Gasteiger partial charge in [0.05, 0.1) is 5.69 Å². The predicted molar refractivity (Wildman–Crippen MR) is 90.0 cm³/mol. The summed E-state index contributed by atoms with van der Waals surface area (Å²) in [6.07, 6.45) is 2.53. The molecule has 2 rings (SSSR count). The second-order valence-corrected chi connectivity index (χ2v) is 7.12. The largest absolute Gasteiger partial charge is 0.371 e. The smallest absolute Gasteiger partial charge is 0.327 e. The Morgan fingerprint density at radius 2 is 1.86 bits per heavy atom. The summed E-state index contributed by atoms with van der Waals surface area (Å²) in [5, 5.41) is 10.9. The predicted octanol–water partition coefficient (Wildman–Crippen LogP) is 3.91. The van der Waals surface area contributed by atoms with Crippen LogP contribution < -0.4 is 4.90 Å². The lowest BCUT2D eigenvalue weighted by molar-refractivity contribution is -0.0256. The van der Waals surface area contributed by atoms with E-state index in [1.165, 1.54) is 0 Å². The van der Waals surface area contributed by atoms with E-state index in [1.807, 2.05) is 49.9 Å². The van der Waals surface area contributed by atoms with Crippen molar-refractivity contribution in [2.75, 3.05) is 11.4 Å². The molecule has 0 bridgehead atoms. The third kappa shape index (κ3) is 2.98. The maximum atomic E-state index is 13.1. The quantitative estimate of drug-likeness (QED) is 0.916. The number of aliphatic hydroxyl groups is 1. The second-order valence-electron chi connectivity index (χ2n) is 7.12.